The van der Waals surface area contributed by atoms with Crippen molar-refractivity contribution in [1.29, 1.82) is 0 Å². The fourth-order valence-electron chi connectivity index (χ4n) is 2.24. The molecule has 21 heavy (non-hydrogen) atoms. The van der Waals surface area contributed by atoms with Crippen molar-refractivity contribution < 1.29 is 9.21 Å². The average molecular weight is 280 g/mol. The van der Waals surface area contributed by atoms with E-state index >= 15 is 0 Å². The van der Waals surface area contributed by atoms with E-state index in [1.165, 1.54) is 0 Å². The molecule has 3 aromatic rings. The number of carbonyl (C=O) groups is 1. The van der Waals surface area contributed by atoms with E-state index in [0.717, 1.165) is 22.2 Å². The Hall–Kier alpha value is -2.62. The molecular formula is C17H16N2O2. The quantitative estimate of drug-likeness (QED) is 0.799. The van der Waals surface area contributed by atoms with Gasteiger partial charge in [-0.15, -0.1) is 0 Å². The molecule has 4 heteroatoms. The molecule has 1 aromatic heterocycles. The lowest BCUT2D eigenvalue weighted by atomic mass is 10.1. The summed E-state index contributed by atoms with van der Waals surface area (Å²) < 4.78 is 5.56. The number of para-hydroxylation sites is 2. The van der Waals surface area contributed by atoms with Crippen LogP contribution in [0.25, 0.3) is 11.1 Å². The van der Waals surface area contributed by atoms with Crippen LogP contribution in [0.4, 0.5) is 0 Å². The highest BCUT2D eigenvalue weighted by atomic mass is 16.3. The Bertz CT molecular complexity index is 744. The first-order valence-corrected chi connectivity index (χ1v) is 6.87. The number of hydrogen-bond donors (Lipinski definition) is 1. The highest BCUT2D eigenvalue weighted by Gasteiger charge is 2.08. The molecule has 0 spiro atoms. The van der Waals surface area contributed by atoms with Crippen LogP contribution in [0.5, 0.6) is 0 Å². The van der Waals surface area contributed by atoms with Crippen molar-refractivity contribution in [1.82, 2.24) is 10.3 Å². The summed E-state index contributed by atoms with van der Waals surface area (Å²) in [5.74, 6) is 0.483. The van der Waals surface area contributed by atoms with Crippen LogP contribution in [0.2, 0.25) is 0 Å². The molecule has 0 aliphatic heterocycles. The minimum atomic E-state index is -0.0390. The second-order valence-electron chi connectivity index (χ2n) is 5.02. The van der Waals surface area contributed by atoms with E-state index < -0.39 is 0 Å². The van der Waals surface area contributed by atoms with Crippen LogP contribution in [-0.4, -0.2) is 10.9 Å². The summed E-state index contributed by atoms with van der Waals surface area (Å²) in [7, 11) is 0. The highest BCUT2D eigenvalue weighted by Crippen LogP contribution is 2.14. The van der Waals surface area contributed by atoms with Gasteiger partial charge in [0.2, 0.25) is 11.8 Å². The first-order chi connectivity index (χ1) is 10.2. The molecule has 0 fully saturated rings. The topological polar surface area (TPSA) is 55.1 Å². The van der Waals surface area contributed by atoms with Crippen molar-refractivity contribution in [2.24, 2.45) is 0 Å². The number of carbonyl (C=O) groups excluding carboxylic acids is 1. The Morgan fingerprint density at radius 3 is 2.86 bits per heavy atom. The largest absolute Gasteiger partial charge is 0.439 e. The van der Waals surface area contributed by atoms with Crippen LogP contribution in [0, 0.1) is 6.92 Å². The molecule has 4 nitrogen and oxygen atoms in total. The molecular weight excluding hydrogens is 264 g/mol. The highest BCUT2D eigenvalue weighted by molar-refractivity contribution is 5.78. The number of oxazole rings is 1. The number of aromatic nitrogens is 1. The van der Waals surface area contributed by atoms with Gasteiger partial charge < -0.3 is 9.73 Å². The molecule has 0 radical (unpaired) electrons. The van der Waals surface area contributed by atoms with Gasteiger partial charge in [0, 0.05) is 0 Å². The third-order valence-electron chi connectivity index (χ3n) is 3.22. The van der Waals surface area contributed by atoms with Gasteiger partial charge in [0.1, 0.15) is 5.52 Å². The van der Waals surface area contributed by atoms with Crippen molar-refractivity contribution in [3.8, 4) is 0 Å². The summed E-state index contributed by atoms with van der Waals surface area (Å²) in [4.78, 5) is 16.3. The van der Waals surface area contributed by atoms with Gasteiger partial charge in [-0.2, -0.15) is 0 Å². The molecule has 3 rings (SSSR count). The zero-order valence-electron chi connectivity index (χ0n) is 11.8. The van der Waals surface area contributed by atoms with Crippen molar-refractivity contribution in [3.63, 3.8) is 0 Å². The molecule has 0 saturated carbocycles. The molecule has 0 unspecified atom stereocenters. The number of benzene rings is 2. The van der Waals surface area contributed by atoms with Crippen molar-refractivity contribution in [2.45, 2.75) is 19.9 Å². The fraction of sp³-hybridized carbons (Fsp3) is 0.176. The zero-order valence-corrected chi connectivity index (χ0v) is 11.8. The van der Waals surface area contributed by atoms with Crippen LogP contribution in [0.3, 0.4) is 0 Å². The second-order valence-corrected chi connectivity index (χ2v) is 5.02. The normalized spacial score (nSPS) is 10.7. The van der Waals surface area contributed by atoms with E-state index in [-0.39, 0.29) is 5.91 Å². The van der Waals surface area contributed by atoms with Gasteiger partial charge in [0.15, 0.2) is 5.58 Å². The average Bonchev–Trinajstić information content (AvgIpc) is 2.88. The second kappa shape index (κ2) is 5.79. The van der Waals surface area contributed by atoms with Crippen LogP contribution in [0.1, 0.15) is 17.0 Å². The molecule has 2 aromatic carbocycles. The Labute approximate surface area is 122 Å². The maximum Gasteiger partial charge on any atom is 0.224 e. The van der Waals surface area contributed by atoms with Crippen LogP contribution < -0.4 is 5.32 Å². The molecule has 1 N–H and O–H groups in total. The summed E-state index contributed by atoms with van der Waals surface area (Å²) in [6, 6.07) is 15.5. The molecule has 0 aliphatic carbocycles. The number of hydrogen-bond acceptors (Lipinski definition) is 3. The summed E-state index contributed by atoms with van der Waals surface area (Å²) in [5, 5.41) is 2.83. The number of aryl methyl sites for hydroxylation is 1. The first kappa shape index (κ1) is 13.4. The lowest BCUT2D eigenvalue weighted by Gasteiger charge is -2.03. The van der Waals surface area contributed by atoms with Gasteiger partial charge in [0.25, 0.3) is 0 Å². The molecule has 1 heterocycles. The van der Waals surface area contributed by atoms with Crippen LogP contribution in [0.15, 0.2) is 52.9 Å². The zero-order chi connectivity index (χ0) is 14.7. The smallest absolute Gasteiger partial charge is 0.224 e. The van der Waals surface area contributed by atoms with Gasteiger partial charge in [0.05, 0.1) is 13.0 Å². The number of rotatable bonds is 4. The van der Waals surface area contributed by atoms with Crippen molar-refractivity contribution in [3.05, 3.63) is 65.5 Å². The lowest BCUT2D eigenvalue weighted by molar-refractivity contribution is -0.120. The van der Waals surface area contributed by atoms with E-state index in [4.69, 9.17) is 4.42 Å². The number of amides is 1. The van der Waals surface area contributed by atoms with E-state index in [0.29, 0.717) is 18.9 Å². The fourth-order valence-corrected chi connectivity index (χ4v) is 2.24. The predicted molar refractivity (Wildman–Crippen MR) is 80.7 cm³/mol. The Balaban J connectivity index is 1.60. The van der Waals surface area contributed by atoms with Gasteiger partial charge >= 0.3 is 0 Å². The van der Waals surface area contributed by atoms with E-state index in [1.807, 2.05) is 55.5 Å². The summed E-state index contributed by atoms with van der Waals surface area (Å²) in [6.45, 7) is 2.32. The van der Waals surface area contributed by atoms with Gasteiger partial charge in [-0.3, -0.25) is 4.79 Å². The van der Waals surface area contributed by atoms with Gasteiger partial charge in [-0.05, 0) is 24.6 Å². The maximum absolute atomic E-state index is 11.9. The summed E-state index contributed by atoms with van der Waals surface area (Å²) >= 11 is 0. The third-order valence-corrected chi connectivity index (χ3v) is 3.22. The Morgan fingerprint density at radius 1 is 1.19 bits per heavy atom. The molecule has 1 amide bonds. The van der Waals surface area contributed by atoms with E-state index in [9.17, 15) is 4.79 Å². The molecule has 0 saturated heterocycles. The van der Waals surface area contributed by atoms with Crippen molar-refractivity contribution >= 4 is 17.0 Å². The number of nitrogens with zero attached hydrogens (tertiary/aromatic N) is 1. The predicted octanol–water partition coefficient (Wildman–Crippen LogP) is 3.00. The number of nitrogens with one attached hydrogen (secondary N) is 1. The molecule has 106 valence electrons. The van der Waals surface area contributed by atoms with Gasteiger partial charge in [-0.1, -0.05) is 42.0 Å². The third kappa shape index (κ3) is 3.28. The summed E-state index contributed by atoms with van der Waals surface area (Å²) in [5.41, 5.74) is 3.70. The van der Waals surface area contributed by atoms with Crippen LogP contribution in [-0.2, 0) is 17.8 Å². The summed E-state index contributed by atoms with van der Waals surface area (Å²) in [6.07, 6.45) is 0.363. The maximum atomic E-state index is 11.9. The van der Waals surface area contributed by atoms with E-state index in [1.54, 1.807) is 0 Å². The van der Waals surface area contributed by atoms with Crippen LogP contribution >= 0.6 is 0 Å². The minimum absolute atomic E-state index is 0.0390. The first-order valence-electron chi connectivity index (χ1n) is 6.87. The molecule has 0 bridgehead atoms. The minimum Gasteiger partial charge on any atom is -0.439 e. The Morgan fingerprint density at radius 2 is 2.05 bits per heavy atom. The molecule has 0 atom stereocenters. The Kier molecular flexibility index (Phi) is 3.69. The monoisotopic (exact) mass is 280 g/mol. The number of fused-ring (bicyclic) bond motifs is 1. The molecule has 0 aliphatic rings. The van der Waals surface area contributed by atoms with Crippen molar-refractivity contribution in [2.75, 3.05) is 0 Å². The SMILES string of the molecule is Cc1cccc(CC(=O)NCc2nc3ccccc3o2)c1. The lowest BCUT2D eigenvalue weighted by Crippen LogP contribution is -2.24. The van der Waals surface area contributed by atoms with Gasteiger partial charge in [-0.25, -0.2) is 4.98 Å². The standard InChI is InChI=1S/C17H16N2O2/c1-12-5-4-6-13(9-12)10-16(20)18-11-17-19-14-7-2-3-8-15(14)21-17/h2-9H,10-11H2,1H3,(H,18,20). The van der Waals surface area contributed by atoms with E-state index in [2.05, 4.69) is 10.3 Å².